The normalized spacial score (nSPS) is 11.6. The molecular weight excluding hydrogens is 182 g/mol. The van der Waals surface area contributed by atoms with Gasteiger partial charge in [-0.15, -0.1) is 0 Å². The maximum Gasteiger partial charge on any atom is 0.298 e. The van der Waals surface area contributed by atoms with E-state index in [4.69, 9.17) is 5.14 Å². The molecule has 68 valence electrons. The first-order valence-corrected chi connectivity index (χ1v) is 4.68. The van der Waals surface area contributed by atoms with Crippen LogP contribution in [0.4, 0.5) is 5.88 Å². The third kappa shape index (κ3) is 1.95. The summed E-state index contributed by atoms with van der Waals surface area (Å²) in [6, 6.07) is 0. The molecule has 6 nitrogen and oxygen atoms in total. The topological polar surface area (TPSA) is 98.2 Å². The van der Waals surface area contributed by atoms with Gasteiger partial charge in [0.05, 0.1) is 5.69 Å². The number of rotatable bonds is 2. The minimum atomic E-state index is -3.77. The second-order valence-electron chi connectivity index (χ2n) is 2.37. The number of hydrogen-bond donors (Lipinski definition) is 2. The summed E-state index contributed by atoms with van der Waals surface area (Å²) in [5.74, 6) is 0.0648. The van der Waals surface area contributed by atoms with Crippen LogP contribution in [0.5, 0.6) is 0 Å². The fourth-order valence-corrected chi connectivity index (χ4v) is 1.09. The van der Waals surface area contributed by atoms with Crippen molar-refractivity contribution in [1.29, 1.82) is 0 Å². The lowest BCUT2D eigenvalue weighted by molar-refractivity contribution is 0.430. The Labute approximate surface area is 69.9 Å². The Kier molecular flexibility index (Phi) is 2.07. The quantitative estimate of drug-likeness (QED) is 0.682. The number of aryl methyl sites for hydroxylation is 1. The van der Waals surface area contributed by atoms with Gasteiger partial charge in [0.1, 0.15) is 0 Å². The van der Waals surface area contributed by atoms with Crippen molar-refractivity contribution >= 4 is 16.1 Å². The lowest BCUT2D eigenvalue weighted by atomic mass is 10.3. The number of nitrogens with two attached hydrogens (primary N) is 1. The molecule has 1 aromatic heterocycles. The molecular formula is C5H9N3O3S. The highest BCUT2D eigenvalue weighted by molar-refractivity contribution is 7.90. The van der Waals surface area contributed by atoms with E-state index in [-0.39, 0.29) is 5.88 Å². The maximum atomic E-state index is 10.5. The Hall–Kier alpha value is -1.08. The molecule has 0 spiro atoms. The van der Waals surface area contributed by atoms with Crippen molar-refractivity contribution in [3.63, 3.8) is 0 Å². The molecule has 0 bridgehead atoms. The molecule has 0 atom stereocenters. The highest BCUT2D eigenvalue weighted by Crippen LogP contribution is 2.17. The summed E-state index contributed by atoms with van der Waals surface area (Å²) >= 11 is 0. The van der Waals surface area contributed by atoms with Crippen LogP contribution in [0.1, 0.15) is 11.3 Å². The monoisotopic (exact) mass is 191 g/mol. The van der Waals surface area contributed by atoms with Gasteiger partial charge in [0, 0.05) is 5.56 Å². The van der Waals surface area contributed by atoms with E-state index < -0.39 is 10.2 Å². The zero-order valence-electron chi connectivity index (χ0n) is 6.66. The molecule has 0 fully saturated rings. The van der Waals surface area contributed by atoms with Crippen molar-refractivity contribution in [2.24, 2.45) is 5.14 Å². The Bertz CT molecular complexity index is 381. The van der Waals surface area contributed by atoms with Gasteiger partial charge in [-0.1, -0.05) is 5.16 Å². The average Bonchev–Trinajstić information content (AvgIpc) is 2.16. The summed E-state index contributed by atoms with van der Waals surface area (Å²) in [6.45, 7) is 3.38. The van der Waals surface area contributed by atoms with Crippen LogP contribution in [0, 0.1) is 13.8 Å². The van der Waals surface area contributed by atoms with E-state index in [1.165, 1.54) is 0 Å². The van der Waals surface area contributed by atoms with E-state index in [9.17, 15) is 8.42 Å². The number of aromatic nitrogens is 1. The first kappa shape index (κ1) is 9.01. The second kappa shape index (κ2) is 2.76. The van der Waals surface area contributed by atoms with E-state index >= 15 is 0 Å². The van der Waals surface area contributed by atoms with Gasteiger partial charge in [0.25, 0.3) is 10.2 Å². The van der Waals surface area contributed by atoms with Crippen LogP contribution in [-0.2, 0) is 10.2 Å². The number of nitrogens with one attached hydrogen (secondary N) is 1. The molecule has 0 unspecified atom stereocenters. The van der Waals surface area contributed by atoms with Crippen molar-refractivity contribution in [3.8, 4) is 0 Å². The van der Waals surface area contributed by atoms with E-state index in [0.29, 0.717) is 11.3 Å². The molecule has 0 radical (unpaired) electrons. The highest BCUT2D eigenvalue weighted by atomic mass is 32.2. The van der Waals surface area contributed by atoms with Crippen LogP contribution in [0.15, 0.2) is 4.52 Å². The largest absolute Gasteiger partial charge is 0.337 e. The molecule has 0 saturated carbocycles. The lowest BCUT2D eigenvalue weighted by Gasteiger charge is -1.97. The first-order chi connectivity index (χ1) is 5.40. The van der Waals surface area contributed by atoms with E-state index in [0.717, 1.165) is 0 Å². The van der Waals surface area contributed by atoms with E-state index in [2.05, 4.69) is 9.68 Å². The van der Waals surface area contributed by atoms with Crippen LogP contribution in [0.25, 0.3) is 0 Å². The molecule has 7 heteroatoms. The SMILES string of the molecule is Cc1noc(NS(N)(=O)=O)c1C. The molecule has 3 N–H and O–H groups in total. The van der Waals surface area contributed by atoms with Crippen LogP contribution in [0.3, 0.4) is 0 Å². The number of nitrogens with zero attached hydrogens (tertiary/aromatic N) is 1. The summed E-state index contributed by atoms with van der Waals surface area (Å²) in [5.41, 5.74) is 1.25. The van der Waals surface area contributed by atoms with Crippen molar-refractivity contribution in [1.82, 2.24) is 5.16 Å². The van der Waals surface area contributed by atoms with Crippen LogP contribution in [-0.4, -0.2) is 13.6 Å². The molecule has 0 amide bonds. The van der Waals surface area contributed by atoms with Crippen molar-refractivity contribution in [3.05, 3.63) is 11.3 Å². The summed E-state index contributed by atoms with van der Waals surface area (Å²) in [5, 5.41) is 8.26. The van der Waals surface area contributed by atoms with Gasteiger partial charge in [-0.05, 0) is 13.8 Å². The van der Waals surface area contributed by atoms with Gasteiger partial charge < -0.3 is 4.52 Å². The third-order valence-electron chi connectivity index (χ3n) is 1.39. The highest BCUT2D eigenvalue weighted by Gasteiger charge is 2.11. The first-order valence-electron chi connectivity index (χ1n) is 3.13. The fourth-order valence-electron chi connectivity index (χ4n) is 0.640. The molecule has 0 saturated heterocycles. The molecule has 0 aliphatic carbocycles. The van der Waals surface area contributed by atoms with Crippen LogP contribution >= 0.6 is 0 Å². The fraction of sp³-hybridized carbons (Fsp3) is 0.400. The molecule has 0 aromatic carbocycles. The lowest BCUT2D eigenvalue weighted by Crippen LogP contribution is -2.21. The second-order valence-corrected chi connectivity index (χ2v) is 3.66. The van der Waals surface area contributed by atoms with E-state index in [1.807, 2.05) is 4.72 Å². The molecule has 1 aromatic rings. The van der Waals surface area contributed by atoms with Crippen molar-refractivity contribution in [2.75, 3.05) is 4.72 Å². The van der Waals surface area contributed by atoms with Crippen molar-refractivity contribution < 1.29 is 12.9 Å². The molecule has 0 aliphatic heterocycles. The standard InChI is InChI=1S/C5H9N3O3S/c1-3-4(2)7-11-5(3)8-12(6,9)10/h8H,1-2H3,(H2,6,9,10). The number of anilines is 1. The van der Waals surface area contributed by atoms with Gasteiger partial charge in [-0.2, -0.15) is 8.42 Å². The summed E-state index contributed by atoms with van der Waals surface area (Å²) in [4.78, 5) is 0. The Morgan fingerprint density at radius 3 is 2.42 bits per heavy atom. The smallest absolute Gasteiger partial charge is 0.298 e. The Balaban J connectivity index is 2.99. The van der Waals surface area contributed by atoms with Crippen LogP contribution in [0.2, 0.25) is 0 Å². The van der Waals surface area contributed by atoms with Gasteiger partial charge in [-0.3, -0.25) is 0 Å². The summed E-state index contributed by atoms with van der Waals surface area (Å²) in [6.07, 6.45) is 0. The van der Waals surface area contributed by atoms with Gasteiger partial charge >= 0.3 is 0 Å². The van der Waals surface area contributed by atoms with Crippen LogP contribution < -0.4 is 9.86 Å². The predicted octanol–water partition coefficient (Wildman–Crippen LogP) is -0.0932. The molecule has 0 aliphatic rings. The average molecular weight is 191 g/mol. The molecule has 1 heterocycles. The Morgan fingerprint density at radius 1 is 1.50 bits per heavy atom. The summed E-state index contributed by atoms with van der Waals surface area (Å²) < 4.78 is 27.7. The van der Waals surface area contributed by atoms with Gasteiger partial charge in [-0.25, -0.2) is 9.86 Å². The third-order valence-corrected chi connectivity index (χ3v) is 1.86. The summed E-state index contributed by atoms with van der Waals surface area (Å²) in [7, 11) is -3.77. The zero-order chi connectivity index (χ0) is 9.35. The predicted molar refractivity (Wildman–Crippen MR) is 42.7 cm³/mol. The zero-order valence-corrected chi connectivity index (χ0v) is 7.47. The van der Waals surface area contributed by atoms with Gasteiger partial charge in [0.15, 0.2) is 0 Å². The minimum Gasteiger partial charge on any atom is -0.337 e. The van der Waals surface area contributed by atoms with Crippen molar-refractivity contribution in [2.45, 2.75) is 13.8 Å². The van der Waals surface area contributed by atoms with Gasteiger partial charge in [0.2, 0.25) is 5.88 Å². The minimum absolute atomic E-state index is 0.0648. The Morgan fingerprint density at radius 2 is 2.08 bits per heavy atom. The molecule has 12 heavy (non-hydrogen) atoms. The maximum absolute atomic E-state index is 10.5. The molecule has 1 rings (SSSR count). The number of hydrogen-bond acceptors (Lipinski definition) is 4. The van der Waals surface area contributed by atoms with E-state index in [1.54, 1.807) is 13.8 Å².